The van der Waals surface area contributed by atoms with Crippen molar-refractivity contribution in [2.45, 2.75) is 25.9 Å². The minimum Gasteiger partial charge on any atom is -0.480 e. The van der Waals surface area contributed by atoms with Crippen molar-refractivity contribution < 1.29 is 23.1 Å². The Balaban J connectivity index is 1.81. The van der Waals surface area contributed by atoms with Crippen LogP contribution in [-0.4, -0.2) is 39.6 Å². The summed E-state index contributed by atoms with van der Waals surface area (Å²) >= 11 is 1.08. The van der Waals surface area contributed by atoms with Gasteiger partial charge in [-0.15, -0.1) is 21.5 Å². The molecule has 0 radical (unpaired) electrons. The first-order chi connectivity index (χ1) is 20.9. The van der Waals surface area contributed by atoms with E-state index in [1.807, 2.05) is 0 Å². The number of nitrogens with two attached hydrogens (primary N) is 1. The summed E-state index contributed by atoms with van der Waals surface area (Å²) in [6.07, 6.45) is 0. The van der Waals surface area contributed by atoms with Crippen LogP contribution >= 0.6 is 11.3 Å². The maximum absolute atomic E-state index is 14.9. The number of urea groups is 1. The number of ether oxygens (including phenoxy) is 1. The van der Waals surface area contributed by atoms with Crippen LogP contribution < -0.4 is 32.5 Å². The van der Waals surface area contributed by atoms with Crippen molar-refractivity contribution >= 4 is 33.3 Å². The standard InChI is InChI=1S/C29H27F2N7O5S/c1-29(2,32)23-22-25(39)38(20-12-13-21(42-3)35-34-20)28(41)37(14-17-18(30)6-5-7-19(17)31)26(22)44-24(23)15-8-10-16(11-9-15)33-27(40)36-43-4/h5-13H,14,32H2,1-4H3,(H2,33,36,40). The molecule has 0 aliphatic rings. The van der Waals surface area contributed by atoms with E-state index in [-0.39, 0.29) is 27.5 Å². The second-order valence-corrected chi connectivity index (χ2v) is 11.2. The lowest BCUT2D eigenvalue weighted by atomic mass is 9.91. The monoisotopic (exact) mass is 623 g/mol. The molecule has 3 heterocycles. The molecule has 0 unspecified atom stereocenters. The van der Waals surface area contributed by atoms with Gasteiger partial charge < -0.3 is 15.8 Å². The van der Waals surface area contributed by atoms with Gasteiger partial charge in [-0.05, 0) is 49.7 Å². The van der Waals surface area contributed by atoms with Crippen LogP contribution in [0.5, 0.6) is 5.88 Å². The molecule has 2 amide bonds. The molecule has 0 saturated heterocycles. The van der Waals surface area contributed by atoms with Crippen LogP contribution in [0.25, 0.3) is 26.5 Å². The number of nitrogens with zero attached hydrogens (tertiary/aromatic N) is 4. The van der Waals surface area contributed by atoms with Crippen molar-refractivity contribution in [3.8, 4) is 22.1 Å². The smallest absolute Gasteiger partial charge is 0.343 e. The van der Waals surface area contributed by atoms with Gasteiger partial charge in [0.15, 0.2) is 5.82 Å². The third-order valence-electron chi connectivity index (χ3n) is 6.66. The number of nitrogens with one attached hydrogen (secondary N) is 2. The fraction of sp³-hybridized carbons (Fsp3) is 0.207. The molecule has 0 atom stereocenters. The summed E-state index contributed by atoms with van der Waals surface area (Å²) < 4.78 is 36.7. The molecule has 228 valence electrons. The van der Waals surface area contributed by atoms with Gasteiger partial charge in [0.25, 0.3) is 5.56 Å². The molecule has 0 aliphatic heterocycles. The second-order valence-electron chi connectivity index (χ2n) is 10.2. The van der Waals surface area contributed by atoms with E-state index in [9.17, 15) is 23.2 Å². The number of anilines is 1. The highest BCUT2D eigenvalue weighted by Crippen LogP contribution is 2.42. The largest absolute Gasteiger partial charge is 0.480 e. The van der Waals surface area contributed by atoms with Gasteiger partial charge in [-0.25, -0.2) is 28.4 Å². The van der Waals surface area contributed by atoms with E-state index >= 15 is 0 Å². The minimum atomic E-state index is -1.13. The molecular formula is C29H27F2N7O5S. The Labute approximate surface area is 252 Å². The van der Waals surface area contributed by atoms with E-state index in [0.717, 1.165) is 32.6 Å². The van der Waals surface area contributed by atoms with Crippen molar-refractivity contribution in [3.63, 3.8) is 0 Å². The zero-order valence-corrected chi connectivity index (χ0v) is 24.8. The van der Waals surface area contributed by atoms with Crippen molar-refractivity contribution in [1.82, 2.24) is 24.8 Å². The molecule has 5 rings (SSSR count). The molecule has 12 nitrogen and oxygen atoms in total. The second kappa shape index (κ2) is 11.9. The number of benzene rings is 2. The molecular weight excluding hydrogens is 596 g/mol. The average molecular weight is 624 g/mol. The van der Waals surface area contributed by atoms with Gasteiger partial charge >= 0.3 is 11.7 Å². The molecule has 4 N–H and O–H groups in total. The number of carbonyl (C=O) groups is 1. The van der Waals surface area contributed by atoms with Crippen LogP contribution in [0.15, 0.2) is 64.2 Å². The third kappa shape index (κ3) is 5.67. The zero-order valence-electron chi connectivity index (χ0n) is 24.0. The van der Waals surface area contributed by atoms with Crippen LogP contribution in [0.4, 0.5) is 19.3 Å². The lowest BCUT2D eigenvalue weighted by Crippen LogP contribution is -2.40. The fourth-order valence-electron chi connectivity index (χ4n) is 4.71. The predicted octanol–water partition coefficient (Wildman–Crippen LogP) is 3.88. The molecule has 2 aromatic carbocycles. The molecule has 0 fully saturated rings. The molecule has 3 aromatic heterocycles. The van der Waals surface area contributed by atoms with Crippen molar-refractivity contribution in [3.05, 3.63) is 98.2 Å². The first kappa shape index (κ1) is 30.5. The van der Waals surface area contributed by atoms with E-state index in [1.54, 1.807) is 38.1 Å². The number of rotatable bonds is 8. The van der Waals surface area contributed by atoms with E-state index in [0.29, 0.717) is 21.7 Å². The molecule has 0 saturated carbocycles. The zero-order chi connectivity index (χ0) is 31.8. The molecule has 0 bridgehead atoms. The van der Waals surface area contributed by atoms with E-state index in [2.05, 4.69) is 25.8 Å². The van der Waals surface area contributed by atoms with Crippen LogP contribution in [0.1, 0.15) is 25.0 Å². The van der Waals surface area contributed by atoms with Gasteiger partial charge in [-0.1, -0.05) is 18.2 Å². The summed E-state index contributed by atoms with van der Waals surface area (Å²) in [5.74, 6) is -1.69. The number of hydrogen-bond donors (Lipinski definition) is 3. The molecule has 5 aromatic rings. The number of methoxy groups -OCH3 is 1. The normalized spacial score (nSPS) is 11.5. The number of aromatic nitrogens is 4. The SMILES string of the molecule is CONC(=O)Nc1ccc(-c2sc3c(c2C(C)(C)N)c(=O)n(-c2ccc(OC)nn2)c(=O)n3Cc2c(F)cccc2F)cc1. The van der Waals surface area contributed by atoms with Crippen LogP contribution in [-0.2, 0) is 16.9 Å². The predicted molar refractivity (Wildman–Crippen MR) is 161 cm³/mol. The number of halogens is 2. The lowest BCUT2D eigenvalue weighted by molar-refractivity contribution is 0.114. The number of hydrogen-bond acceptors (Lipinski definition) is 9. The highest BCUT2D eigenvalue weighted by Gasteiger charge is 2.31. The molecule has 0 spiro atoms. The first-order valence-corrected chi connectivity index (χ1v) is 13.9. The lowest BCUT2D eigenvalue weighted by Gasteiger charge is -2.21. The highest BCUT2D eigenvalue weighted by molar-refractivity contribution is 7.22. The highest BCUT2D eigenvalue weighted by atomic mass is 32.1. The molecule has 0 aliphatic carbocycles. The third-order valence-corrected chi connectivity index (χ3v) is 7.92. The summed E-state index contributed by atoms with van der Waals surface area (Å²) in [5, 5.41) is 10.5. The summed E-state index contributed by atoms with van der Waals surface area (Å²) in [4.78, 5) is 45.3. The minimum absolute atomic E-state index is 0.0770. The summed E-state index contributed by atoms with van der Waals surface area (Å²) in [6, 6.07) is 12.3. The van der Waals surface area contributed by atoms with Crippen LogP contribution in [0.2, 0.25) is 0 Å². The molecule has 15 heteroatoms. The van der Waals surface area contributed by atoms with Gasteiger partial charge in [0.2, 0.25) is 5.88 Å². The Morgan fingerprint density at radius 3 is 2.27 bits per heavy atom. The quantitative estimate of drug-likeness (QED) is 0.220. The van der Waals surface area contributed by atoms with Crippen LogP contribution in [0.3, 0.4) is 0 Å². The van der Waals surface area contributed by atoms with Gasteiger partial charge in [0, 0.05) is 33.3 Å². The summed E-state index contributed by atoms with van der Waals surface area (Å²) in [7, 11) is 2.69. The van der Waals surface area contributed by atoms with Gasteiger partial charge in [-0.3, -0.25) is 14.2 Å². The van der Waals surface area contributed by atoms with Gasteiger partial charge in [-0.2, -0.15) is 0 Å². The van der Waals surface area contributed by atoms with E-state index in [1.165, 1.54) is 32.4 Å². The summed E-state index contributed by atoms with van der Waals surface area (Å²) in [5.41, 5.74) is 7.15. The number of carbonyl (C=O) groups excluding carboxylic acids is 1. The Kier molecular flexibility index (Phi) is 8.27. The molecule has 44 heavy (non-hydrogen) atoms. The van der Waals surface area contributed by atoms with Gasteiger partial charge in [0.1, 0.15) is 16.5 Å². The number of fused-ring (bicyclic) bond motifs is 1. The maximum atomic E-state index is 14.9. The Morgan fingerprint density at radius 1 is 1.02 bits per heavy atom. The summed E-state index contributed by atoms with van der Waals surface area (Å²) in [6.45, 7) is 2.87. The van der Waals surface area contributed by atoms with E-state index in [4.69, 9.17) is 10.5 Å². The van der Waals surface area contributed by atoms with Gasteiger partial charge in [0.05, 0.1) is 26.2 Å². The number of hydroxylamine groups is 1. The number of thiophene rings is 1. The Bertz CT molecular complexity index is 1960. The Morgan fingerprint density at radius 2 is 1.70 bits per heavy atom. The van der Waals surface area contributed by atoms with Crippen molar-refractivity contribution in [1.29, 1.82) is 0 Å². The average Bonchev–Trinajstić information content (AvgIpc) is 3.39. The van der Waals surface area contributed by atoms with Crippen molar-refractivity contribution in [2.75, 3.05) is 19.5 Å². The first-order valence-electron chi connectivity index (χ1n) is 13.1. The van der Waals surface area contributed by atoms with E-state index < -0.39 is 41.0 Å². The number of amides is 2. The topological polar surface area (TPSA) is 155 Å². The Hall–Kier alpha value is -4.99. The van der Waals surface area contributed by atoms with Crippen molar-refractivity contribution in [2.24, 2.45) is 5.73 Å². The van der Waals surface area contributed by atoms with Crippen LogP contribution in [0, 0.1) is 11.6 Å². The maximum Gasteiger partial charge on any atom is 0.343 e. The fourth-order valence-corrected chi connectivity index (χ4v) is 6.17.